The summed E-state index contributed by atoms with van der Waals surface area (Å²) in [5.74, 6) is -0.866. The van der Waals surface area contributed by atoms with Crippen LogP contribution in [0.3, 0.4) is 0 Å². The smallest absolute Gasteiger partial charge is 0.244 e. The van der Waals surface area contributed by atoms with Gasteiger partial charge in [-0.2, -0.15) is 0 Å². The second kappa shape index (κ2) is 11.9. The van der Waals surface area contributed by atoms with Gasteiger partial charge in [0.1, 0.15) is 12.6 Å². The van der Waals surface area contributed by atoms with Gasteiger partial charge in [-0.05, 0) is 62.6 Å². The van der Waals surface area contributed by atoms with Crippen LogP contribution in [0.5, 0.6) is 0 Å². The number of hydrogen-bond donors (Lipinski definition) is 1. The zero-order valence-electron chi connectivity index (χ0n) is 20.0. The summed E-state index contributed by atoms with van der Waals surface area (Å²) in [5, 5.41) is 3.79. The molecule has 0 bridgehead atoms. The lowest BCUT2D eigenvalue weighted by molar-refractivity contribution is -0.139. The molecule has 186 valence electrons. The van der Waals surface area contributed by atoms with Gasteiger partial charge in [-0.1, -0.05) is 48.3 Å². The zero-order valence-corrected chi connectivity index (χ0v) is 22.3. The second-order valence-electron chi connectivity index (χ2n) is 8.31. The van der Waals surface area contributed by atoms with Gasteiger partial charge < -0.3 is 10.2 Å². The molecule has 0 aliphatic carbocycles. The van der Waals surface area contributed by atoms with Crippen LogP contribution in [0.25, 0.3) is 0 Å². The Bertz CT molecular complexity index is 1140. The molecule has 0 heterocycles. The van der Waals surface area contributed by atoms with Crippen LogP contribution < -0.4 is 9.62 Å². The molecule has 2 aromatic carbocycles. The third-order valence-corrected chi connectivity index (χ3v) is 7.30. The van der Waals surface area contributed by atoms with Crippen molar-refractivity contribution < 1.29 is 18.0 Å². The van der Waals surface area contributed by atoms with E-state index < -0.39 is 28.5 Å². The largest absolute Gasteiger partial charge is 0.352 e. The highest BCUT2D eigenvalue weighted by atomic mass is 35.5. The number of halogens is 2. The molecule has 0 saturated carbocycles. The normalized spacial score (nSPS) is 13.1. The van der Waals surface area contributed by atoms with Gasteiger partial charge in [0.2, 0.25) is 21.8 Å². The fourth-order valence-electron chi connectivity index (χ4n) is 3.35. The number of rotatable bonds is 10. The number of aryl methyl sites for hydroxylation is 1. The van der Waals surface area contributed by atoms with Crippen molar-refractivity contribution in [1.82, 2.24) is 10.2 Å². The number of nitrogens with zero attached hydrogens (tertiary/aromatic N) is 2. The summed E-state index contributed by atoms with van der Waals surface area (Å²) >= 11 is 12.3. The van der Waals surface area contributed by atoms with Crippen molar-refractivity contribution in [2.45, 2.75) is 52.7 Å². The van der Waals surface area contributed by atoms with Crippen molar-refractivity contribution >= 4 is 50.7 Å². The Balaban J connectivity index is 2.43. The Morgan fingerprint density at radius 2 is 1.74 bits per heavy atom. The summed E-state index contributed by atoms with van der Waals surface area (Å²) in [4.78, 5) is 27.8. The number of amides is 2. The molecule has 0 saturated heterocycles. The minimum atomic E-state index is -3.82. The maximum Gasteiger partial charge on any atom is 0.244 e. The zero-order chi connectivity index (χ0) is 25.6. The molecule has 2 rings (SSSR count). The fraction of sp³-hybridized carbons (Fsp3) is 0.417. The topological polar surface area (TPSA) is 86.8 Å². The van der Waals surface area contributed by atoms with Gasteiger partial charge in [0, 0.05) is 22.6 Å². The van der Waals surface area contributed by atoms with Crippen molar-refractivity contribution in [3.05, 3.63) is 63.6 Å². The Hall–Kier alpha value is -2.29. The summed E-state index contributed by atoms with van der Waals surface area (Å²) in [6.07, 6.45) is 1.76. The predicted molar refractivity (Wildman–Crippen MR) is 138 cm³/mol. The number of benzene rings is 2. The van der Waals surface area contributed by atoms with Crippen LogP contribution in [0.4, 0.5) is 5.69 Å². The summed E-state index contributed by atoms with van der Waals surface area (Å²) in [6, 6.07) is 10.8. The molecular weight excluding hydrogens is 497 g/mol. The van der Waals surface area contributed by atoms with Crippen molar-refractivity contribution in [3.8, 4) is 0 Å². The van der Waals surface area contributed by atoms with Crippen LogP contribution in [0.1, 0.15) is 38.3 Å². The Morgan fingerprint density at radius 1 is 1.09 bits per heavy atom. The Labute approximate surface area is 212 Å². The van der Waals surface area contributed by atoms with E-state index in [4.69, 9.17) is 23.2 Å². The summed E-state index contributed by atoms with van der Waals surface area (Å²) in [7, 11) is -3.82. The third-order valence-electron chi connectivity index (χ3n) is 5.57. The van der Waals surface area contributed by atoms with Crippen LogP contribution in [0, 0.1) is 6.92 Å². The highest BCUT2D eigenvalue weighted by Crippen LogP contribution is 2.26. The van der Waals surface area contributed by atoms with Gasteiger partial charge in [-0.25, -0.2) is 8.42 Å². The van der Waals surface area contributed by atoms with E-state index >= 15 is 0 Å². The quantitative estimate of drug-likeness (QED) is 0.495. The van der Waals surface area contributed by atoms with E-state index in [1.807, 2.05) is 13.8 Å². The van der Waals surface area contributed by atoms with E-state index in [1.54, 1.807) is 56.3 Å². The molecule has 2 atom stereocenters. The van der Waals surface area contributed by atoms with Crippen LogP contribution in [-0.2, 0) is 26.2 Å². The molecule has 34 heavy (non-hydrogen) atoms. The molecule has 7 nitrogen and oxygen atoms in total. The van der Waals surface area contributed by atoms with Crippen molar-refractivity contribution in [2.75, 3.05) is 17.1 Å². The van der Waals surface area contributed by atoms with Crippen molar-refractivity contribution in [2.24, 2.45) is 0 Å². The number of anilines is 1. The minimum Gasteiger partial charge on any atom is -0.352 e. The minimum absolute atomic E-state index is 0.0464. The average molecular weight is 529 g/mol. The van der Waals surface area contributed by atoms with Crippen LogP contribution in [0.2, 0.25) is 10.0 Å². The highest BCUT2D eigenvalue weighted by molar-refractivity contribution is 7.92. The average Bonchev–Trinajstić information content (AvgIpc) is 2.76. The van der Waals surface area contributed by atoms with Crippen molar-refractivity contribution in [3.63, 3.8) is 0 Å². The fourth-order valence-corrected chi connectivity index (χ4v) is 4.68. The lowest BCUT2D eigenvalue weighted by Gasteiger charge is -2.32. The van der Waals surface area contributed by atoms with Gasteiger partial charge in [0.25, 0.3) is 0 Å². The third kappa shape index (κ3) is 7.35. The molecular formula is C24H31Cl2N3O4S. The Morgan fingerprint density at radius 3 is 2.29 bits per heavy atom. The number of nitrogens with one attached hydrogen (secondary N) is 1. The van der Waals surface area contributed by atoms with Crippen LogP contribution in [-0.4, -0.2) is 50.0 Å². The maximum absolute atomic E-state index is 13.5. The van der Waals surface area contributed by atoms with Crippen LogP contribution in [0.15, 0.2) is 42.5 Å². The number of sulfonamides is 1. The molecule has 0 unspecified atom stereocenters. The predicted octanol–water partition coefficient (Wildman–Crippen LogP) is 4.40. The lowest BCUT2D eigenvalue weighted by atomic mass is 10.1. The molecule has 0 spiro atoms. The van der Waals surface area contributed by atoms with E-state index in [9.17, 15) is 18.0 Å². The maximum atomic E-state index is 13.5. The molecule has 1 N–H and O–H groups in total. The first-order chi connectivity index (χ1) is 15.8. The molecule has 0 aliphatic rings. The number of carbonyl (C=O) groups is 2. The van der Waals surface area contributed by atoms with E-state index in [1.165, 1.54) is 4.90 Å². The molecule has 0 aromatic heterocycles. The van der Waals surface area contributed by atoms with Gasteiger partial charge in [-0.15, -0.1) is 0 Å². The van der Waals surface area contributed by atoms with Crippen LogP contribution >= 0.6 is 23.2 Å². The van der Waals surface area contributed by atoms with E-state index in [2.05, 4.69) is 5.32 Å². The monoisotopic (exact) mass is 527 g/mol. The molecule has 0 radical (unpaired) electrons. The van der Waals surface area contributed by atoms with Gasteiger partial charge >= 0.3 is 0 Å². The lowest BCUT2D eigenvalue weighted by Crippen LogP contribution is -2.52. The SMILES string of the molecule is CC[C@H](C)NC(=O)[C@H](C)N(Cc1ccccc1Cl)C(=O)CN(c1ccc(Cl)cc1C)S(C)(=O)=O. The number of carbonyl (C=O) groups excluding carboxylic acids is 2. The van der Waals surface area contributed by atoms with E-state index in [0.29, 0.717) is 26.9 Å². The van der Waals surface area contributed by atoms with Gasteiger partial charge in [-0.3, -0.25) is 13.9 Å². The van der Waals surface area contributed by atoms with E-state index in [-0.39, 0.29) is 18.5 Å². The molecule has 2 aromatic rings. The Kier molecular flexibility index (Phi) is 9.79. The summed E-state index contributed by atoms with van der Waals surface area (Å²) in [6.45, 7) is 6.72. The molecule has 2 amide bonds. The molecule has 0 fully saturated rings. The first kappa shape index (κ1) is 28.0. The highest BCUT2D eigenvalue weighted by Gasteiger charge is 2.31. The second-order valence-corrected chi connectivity index (χ2v) is 11.1. The summed E-state index contributed by atoms with van der Waals surface area (Å²) < 4.78 is 26.3. The molecule has 10 heteroatoms. The number of hydrogen-bond acceptors (Lipinski definition) is 4. The van der Waals surface area contributed by atoms with Crippen molar-refractivity contribution in [1.29, 1.82) is 0 Å². The van der Waals surface area contributed by atoms with Gasteiger partial charge in [0.15, 0.2) is 0 Å². The summed E-state index contributed by atoms with van der Waals surface area (Å²) in [5.41, 5.74) is 1.59. The molecule has 0 aliphatic heterocycles. The first-order valence-electron chi connectivity index (χ1n) is 10.9. The standard InChI is InChI=1S/C24H31Cl2N3O4S/c1-6-17(3)27-24(31)18(4)28(14-19-9-7-8-10-21(19)26)23(30)15-29(34(5,32)33)22-12-11-20(25)13-16(22)2/h7-13,17-18H,6,14-15H2,1-5H3,(H,27,31)/t17-,18-/m0/s1. The van der Waals surface area contributed by atoms with E-state index in [0.717, 1.165) is 17.0 Å². The first-order valence-corrected chi connectivity index (χ1v) is 13.5. The van der Waals surface area contributed by atoms with Gasteiger partial charge in [0.05, 0.1) is 11.9 Å².